The molecule has 0 aromatic heterocycles. The summed E-state index contributed by atoms with van der Waals surface area (Å²) in [6.45, 7) is -1.77. The van der Waals surface area contributed by atoms with E-state index in [9.17, 15) is 17.7 Å². The van der Waals surface area contributed by atoms with Gasteiger partial charge < -0.3 is 9.79 Å². The molecule has 0 aliphatic heterocycles. The van der Waals surface area contributed by atoms with E-state index >= 15 is 0 Å². The molecule has 0 bridgehead atoms. The Morgan fingerprint density at radius 1 is 1.25 bits per heavy atom. The number of hydrogen-bond donors (Lipinski definition) is 2. The van der Waals surface area contributed by atoms with Crippen molar-refractivity contribution in [2.75, 3.05) is 13.2 Å². The van der Waals surface area contributed by atoms with Crippen molar-refractivity contribution >= 4 is 7.82 Å². The molecule has 0 atom stereocenters. The van der Waals surface area contributed by atoms with Crippen LogP contribution in [0.15, 0.2) is 0 Å². The number of hydrogen-bond acceptors (Lipinski definition) is 3. The smallest absolute Gasteiger partial charge is 0.303 e. The Balaban J connectivity index is 3.41. The fourth-order valence-electron chi connectivity index (χ4n) is 0.314. The minimum atomic E-state index is -4.81. The zero-order valence-corrected chi connectivity index (χ0v) is 6.51. The zero-order chi connectivity index (χ0) is 9.83. The second-order valence-electron chi connectivity index (χ2n) is 1.62. The second-order valence-corrected chi connectivity index (χ2v) is 2.86. The van der Waals surface area contributed by atoms with Gasteiger partial charge in [-0.25, -0.2) is 4.57 Å². The van der Waals surface area contributed by atoms with Crippen LogP contribution in [0, 0.1) is 0 Å². The van der Waals surface area contributed by atoms with Crippen molar-refractivity contribution in [2.24, 2.45) is 0 Å². The molecule has 0 aliphatic rings. The molecule has 0 saturated heterocycles. The van der Waals surface area contributed by atoms with Crippen molar-refractivity contribution < 1.29 is 36.8 Å². The summed E-state index contributed by atoms with van der Waals surface area (Å²) < 4.78 is 50.3. The van der Waals surface area contributed by atoms with Crippen LogP contribution in [0.2, 0.25) is 0 Å². The molecule has 0 aromatic carbocycles. The molecule has 0 aromatic rings. The normalized spacial score (nSPS) is 13.4. The summed E-state index contributed by atoms with van der Waals surface area (Å²) in [5.74, 6) is 0. The van der Waals surface area contributed by atoms with Crippen molar-refractivity contribution in [3.05, 3.63) is 0 Å². The molecule has 0 fully saturated rings. The van der Waals surface area contributed by atoms with Gasteiger partial charge >= 0.3 is 14.2 Å². The van der Waals surface area contributed by atoms with Crippen LogP contribution in [-0.2, 0) is 13.8 Å². The Hall–Kier alpha value is -0.140. The molecule has 5 nitrogen and oxygen atoms in total. The quantitative estimate of drug-likeness (QED) is 0.525. The van der Waals surface area contributed by atoms with E-state index in [1.54, 1.807) is 0 Å². The highest BCUT2D eigenvalue weighted by Crippen LogP contribution is 2.35. The first-order valence-corrected chi connectivity index (χ1v) is 4.14. The predicted octanol–water partition coefficient (Wildman–Crippen LogP) is 0.632. The van der Waals surface area contributed by atoms with Crippen molar-refractivity contribution in [3.63, 3.8) is 0 Å². The highest BCUT2D eigenvalue weighted by molar-refractivity contribution is 7.46. The number of phosphoric ester groups is 1. The van der Waals surface area contributed by atoms with Gasteiger partial charge in [-0.1, -0.05) is 0 Å². The summed E-state index contributed by atoms with van der Waals surface area (Å²) in [5, 5.41) is 0. The fraction of sp³-hybridized carbons (Fsp3) is 1.00. The highest BCUT2D eigenvalue weighted by atomic mass is 31.2. The van der Waals surface area contributed by atoms with Gasteiger partial charge in [0.25, 0.3) is 0 Å². The van der Waals surface area contributed by atoms with Crippen LogP contribution in [0.5, 0.6) is 0 Å². The van der Waals surface area contributed by atoms with E-state index < -0.39 is 27.4 Å². The standard InChI is InChI=1S/C3H6F3O5P/c4-3(5,6)10-1-2-11-12(7,8)9/h1-2H2,(H2,7,8,9). The van der Waals surface area contributed by atoms with Crippen LogP contribution in [0.25, 0.3) is 0 Å². The molecule has 12 heavy (non-hydrogen) atoms. The summed E-state index contributed by atoms with van der Waals surface area (Å²) in [6, 6.07) is 0. The maximum absolute atomic E-state index is 11.2. The molecule has 2 N–H and O–H groups in total. The van der Waals surface area contributed by atoms with Gasteiger partial charge in [-0.2, -0.15) is 0 Å². The van der Waals surface area contributed by atoms with Crippen LogP contribution >= 0.6 is 7.82 Å². The third-order valence-corrected chi connectivity index (χ3v) is 1.13. The molecule has 0 heterocycles. The Morgan fingerprint density at radius 3 is 2.08 bits per heavy atom. The Bertz CT molecular complexity index is 173. The first-order valence-electron chi connectivity index (χ1n) is 2.61. The van der Waals surface area contributed by atoms with E-state index in [4.69, 9.17) is 9.79 Å². The van der Waals surface area contributed by atoms with Crippen molar-refractivity contribution in [1.82, 2.24) is 0 Å². The second kappa shape index (κ2) is 4.20. The molecular formula is C3H6F3O5P. The lowest BCUT2D eigenvalue weighted by Gasteiger charge is -2.07. The van der Waals surface area contributed by atoms with Gasteiger partial charge in [-0.05, 0) is 0 Å². The summed E-state index contributed by atoms with van der Waals surface area (Å²) in [4.78, 5) is 16.0. The van der Waals surface area contributed by atoms with Crippen molar-refractivity contribution in [3.8, 4) is 0 Å². The molecule has 0 saturated carbocycles. The van der Waals surface area contributed by atoms with Gasteiger partial charge in [-0.15, -0.1) is 13.2 Å². The lowest BCUT2D eigenvalue weighted by Crippen LogP contribution is -2.16. The lowest BCUT2D eigenvalue weighted by molar-refractivity contribution is -0.326. The van der Waals surface area contributed by atoms with Gasteiger partial charge in [0, 0.05) is 0 Å². The minimum Gasteiger partial charge on any atom is -0.303 e. The summed E-state index contributed by atoms with van der Waals surface area (Å²) in [5.41, 5.74) is 0. The number of ether oxygens (including phenoxy) is 1. The molecule has 0 rings (SSSR count). The van der Waals surface area contributed by atoms with E-state index in [0.29, 0.717) is 0 Å². The number of alkyl halides is 3. The lowest BCUT2D eigenvalue weighted by atomic mass is 10.8. The number of phosphoric acid groups is 1. The van der Waals surface area contributed by atoms with E-state index in [0.717, 1.165) is 0 Å². The van der Waals surface area contributed by atoms with E-state index in [1.807, 2.05) is 0 Å². The molecule has 0 unspecified atom stereocenters. The van der Waals surface area contributed by atoms with Crippen molar-refractivity contribution in [2.45, 2.75) is 6.36 Å². The van der Waals surface area contributed by atoms with Gasteiger partial charge in [0.2, 0.25) is 0 Å². The van der Waals surface area contributed by atoms with Crippen LogP contribution in [0.3, 0.4) is 0 Å². The Labute approximate surface area is 65.3 Å². The maximum atomic E-state index is 11.2. The topological polar surface area (TPSA) is 76.0 Å². The van der Waals surface area contributed by atoms with Crippen LogP contribution in [0.4, 0.5) is 13.2 Å². The molecule has 0 amide bonds. The summed E-state index contributed by atoms with van der Waals surface area (Å²) >= 11 is 0. The van der Waals surface area contributed by atoms with Gasteiger partial charge in [-0.3, -0.25) is 9.26 Å². The van der Waals surface area contributed by atoms with E-state index in [1.165, 1.54) is 0 Å². The summed E-state index contributed by atoms with van der Waals surface area (Å²) in [6.07, 6.45) is -4.81. The highest BCUT2D eigenvalue weighted by Gasteiger charge is 2.29. The molecule has 0 aliphatic carbocycles. The third kappa shape index (κ3) is 9.86. The molecule has 74 valence electrons. The SMILES string of the molecule is O=P(O)(O)OCCOC(F)(F)F. The minimum absolute atomic E-state index is 0.816. The largest absolute Gasteiger partial charge is 0.522 e. The number of halogens is 3. The van der Waals surface area contributed by atoms with Gasteiger partial charge in [0.05, 0.1) is 13.2 Å². The average Bonchev–Trinajstić information content (AvgIpc) is 1.76. The van der Waals surface area contributed by atoms with Crippen LogP contribution in [0.1, 0.15) is 0 Å². The average molecular weight is 210 g/mol. The molecule has 0 radical (unpaired) electrons. The van der Waals surface area contributed by atoms with Crippen molar-refractivity contribution in [1.29, 1.82) is 0 Å². The summed E-state index contributed by atoms with van der Waals surface area (Å²) in [7, 11) is -4.70. The van der Waals surface area contributed by atoms with Crippen LogP contribution < -0.4 is 0 Å². The molecule has 9 heteroatoms. The first kappa shape index (κ1) is 11.9. The monoisotopic (exact) mass is 210 g/mol. The predicted molar refractivity (Wildman–Crippen MR) is 30.0 cm³/mol. The molecular weight excluding hydrogens is 204 g/mol. The van der Waals surface area contributed by atoms with E-state index in [2.05, 4.69) is 9.26 Å². The van der Waals surface area contributed by atoms with E-state index in [-0.39, 0.29) is 0 Å². The maximum Gasteiger partial charge on any atom is 0.522 e. The Morgan fingerprint density at radius 2 is 1.75 bits per heavy atom. The Kier molecular flexibility index (Phi) is 4.15. The van der Waals surface area contributed by atoms with Gasteiger partial charge in [0.1, 0.15) is 0 Å². The number of rotatable bonds is 4. The fourth-order valence-corrected chi connectivity index (χ4v) is 0.626. The molecule has 0 spiro atoms. The van der Waals surface area contributed by atoms with Crippen LogP contribution in [-0.4, -0.2) is 29.4 Å². The third-order valence-electron chi connectivity index (χ3n) is 0.609. The first-order chi connectivity index (χ1) is 5.21. The van der Waals surface area contributed by atoms with Gasteiger partial charge in [0.15, 0.2) is 0 Å². The zero-order valence-electron chi connectivity index (χ0n) is 5.61.